The molecule has 2 aliphatic rings. The lowest BCUT2D eigenvalue weighted by Crippen LogP contribution is -2.32. The van der Waals surface area contributed by atoms with E-state index in [0.717, 1.165) is 22.3 Å². The summed E-state index contributed by atoms with van der Waals surface area (Å²) in [6.07, 6.45) is 0. The molecule has 1 atom stereocenters. The van der Waals surface area contributed by atoms with Crippen molar-refractivity contribution in [3.63, 3.8) is 0 Å². The molecule has 5 rings (SSSR count). The maximum Gasteiger partial charge on any atom is 0.151 e. The summed E-state index contributed by atoms with van der Waals surface area (Å²) in [6, 6.07) is 19.4. The van der Waals surface area contributed by atoms with Crippen LogP contribution >= 0.6 is 0 Å². The van der Waals surface area contributed by atoms with Crippen molar-refractivity contribution in [2.75, 3.05) is 19.0 Å². The van der Waals surface area contributed by atoms with Crippen LogP contribution in [0.4, 0.5) is 10.1 Å². The number of nitrogen functional groups attached to an aromatic ring is 1. The van der Waals surface area contributed by atoms with Gasteiger partial charge in [0, 0.05) is 28.9 Å². The van der Waals surface area contributed by atoms with Gasteiger partial charge in [-0.2, -0.15) is 0 Å². The molecule has 27 heavy (non-hydrogen) atoms. The Kier molecular flexibility index (Phi) is 3.58. The molecule has 5 heteroatoms. The second kappa shape index (κ2) is 5.99. The van der Waals surface area contributed by atoms with Crippen LogP contribution in [-0.2, 0) is 16.9 Å². The fraction of sp³-hybridized carbons (Fsp3) is 0.182. The molecule has 3 aromatic rings. The van der Waals surface area contributed by atoms with Crippen molar-refractivity contribution in [1.82, 2.24) is 0 Å². The number of nitrogens with two attached hydrogens (primary N) is 1. The number of rotatable bonds is 3. The van der Waals surface area contributed by atoms with Gasteiger partial charge in [0.25, 0.3) is 0 Å². The molecule has 0 amide bonds. The zero-order chi connectivity index (χ0) is 18.4. The summed E-state index contributed by atoms with van der Waals surface area (Å²) in [5, 5.41) is 0. The van der Waals surface area contributed by atoms with Crippen molar-refractivity contribution in [3.05, 3.63) is 82.9 Å². The van der Waals surface area contributed by atoms with E-state index in [-0.39, 0.29) is 6.61 Å². The first-order valence-corrected chi connectivity index (χ1v) is 8.86. The van der Waals surface area contributed by atoms with Gasteiger partial charge in [0.1, 0.15) is 30.5 Å². The van der Waals surface area contributed by atoms with Crippen LogP contribution in [0.15, 0.2) is 60.7 Å². The van der Waals surface area contributed by atoms with Gasteiger partial charge in [-0.25, -0.2) is 4.39 Å². The molecule has 0 aromatic heterocycles. The van der Waals surface area contributed by atoms with Gasteiger partial charge in [0.2, 0.25) is 0 Å². The molecule has 0 saturated heterocycles. The first-order chi connectivity index (χ1) is 13.2. The minimum absolute atomic E-state index is 0.00674. The highest BCUT2D eigenvalue weighted by Gasteiger charge is 2.49. The Hall–Kier alpha value is -3.05. The van der Waals surface area contributed by atoms with Gasteiger partial charge >= 0.3 is 0 Å². The molecule has 1 spiro atoms. The Labute approximate surface area is 156 Å². The predicted octanol–water partition coefficient (Wildman–Crippen LogP) is 4.54. The van der Waals surface area contributed by atoms with Gasteiger partial charge in [0.05, 0.1) is 6.61 Å². The monoisotopic (exact) mass is 363 g/mol. The highest BCUT2D eigenvalue weighted by atomic mass is 19.1. The normalized spacial score (nSPS) is 19.1. The highest BCUT2D eigenvalue weighted by Crippen LogP contribution is 2.56. The molecular weight excluding hydrogens is 345 g/mol. The lowest BCUT2D eigenvalue weighted by Gasteiger charge is -2.37. The Morgan fingerprint density at radius 1 is 0.963 bits per heavy atom. The predicted molar refractivity (Wildman–Crippen MR) is 100.0 cm³/mol. The number of halogens is 1. The van der Waals surface area contributed by atoms with E-state index in [2.05, 4.69) is 12.1 Å². The van der Waals surface area contributed by atoms with Crippen LogP contribution in [0.3, 0.4) is 0 Å². The van der Waals surface area contributed by atoms with Gasteiger partial charge in [-0.05, 0) is 35.4 Å². The molecule has 4 nitrogen and oxygen atoms in total. The third-order valence-electron chi connectivity index (χ3n) is 5.12. The quantitative estimate of drug-likeness (QED) is 0.694. The number of ether oxygens (including phenoxy) is 3. The van der Waals surface area contributed by atoms with Gasteiger partial charge < -0.3 is 19.9 Å². The van der Waals surface area contributed by atoms with Crippen LogP contribution in [0.25, 0.3) is 0 Å². The fourth-order valence-corrected chi connectivity index (χ4v) is 4.00. The Bertz CT molecular complexity index is 1040. The fourth-order valence-electron chi connectivity index (χ4n) is 4.00. The van der Waals surface area contributed by atoms with Crippen molar-refractivity contribution < 1.29 is 18.6 Å². The Morgan fingerprint density at radius 2 is 1.74 bits per heavy atom. The van der Waals surface area contributed by atoms with Crippen LogP contribution in [-0.4, -0.2) is 13.3 Å². The topological polar surface area (TPSA) is 53.7 Å². The number of hydrogen-bond acceptors (Lipinski definition) is 4. The first kappa shape index (κ1) is 16.1. The number of anilines is 1. The summed E-state index contributed by atoms with van der Waals surface area (Å²) in [5.41, 5.74) is 9.91. The zero-order valence-corrected chi connectivity index (χ0v) is 14.6. The Balaban J connectivity index is 1.75. The van der Waals surface area contributed by atoms with Crippen LogP contribution in [0.1, 0.15) is 22.3 Å². The maximum absolute atomic E-state index is 12.5. The highest BCUT2D eigenvalue weighted by molar-refractivity contribution is 5.66. The van der Waals surface area contributed by atoms with E-state index in [1.54, 1.807) is 12.1 Å². The second-order valence-electron chi connectivity index (χ2n) is 6.68. The summed E-state index contributed by atoms with van der Waals surface area (Å²) in [4.78, 5) is 0. The maximum atomic E-state index is 12.5. The van der Waals surface area contributed by atoms with Crippen molar-refractivity contribution in [2.24, 2.45) is 0 Å². The summed E-state index contributed by atoms with van der Waals surface area (Å²) >= 11 is 0. The molecule has 0 aliphatic carbocycles. The van der Waals surface area contributed by atoms with E-state index in [1.807, 2.05) is 36.4 Å². The van der Waals surface area contributed by atoms with E-state index < -0.39 is 12.3 Å². The lowest BCUT2D eigenvalue weighted by atomic mass is 9.77. The standard InChI is InChI=1S/C22H18FNO3/c23-9-10-25-16-6-8-19-21(12-16)27-20-11-15(24)5-7-18(20)22(19)17-4-2-1-3-14(17)13-26-22/h1-8,11-12H,9-10,13,24H2. The van der Waals surface area contributed by atoms with Crippen LogP contribution < -0.4 is 15.2 Å². The molecule has 136 valence electrons. The van der Waals surface area contributed by atoms with Crippen molar-refractivity contribution >= 4 is 5.69 Å². The number of benzene rings is 3. The molecule has 0 saturated carbocycles. The molecule has 0 bridgehead atoms. The molecular formula is C22H18FNO3. The lowest BCUT2D eigenvalue weighted by molar-refractivity contribution is 0.0199. The minimum Gasteiger partial charge on any atom is -0.491 e. The largest absolute Gasteiger partial charge is 0.491 e. The molecule has 3 aromatic carbocycles. The average molecular weight is 363 g/mol. The van der Waals surface area contributed by atoms with Crippen LogP contribution in [0.5, 0.6) is 17.2 Å². The average Bonchev–Trinajstić information content (AvgIpc) is 3.06. The summed E-state index contributed by atoms with van der Waals surface area (Å²) in [7, 11) is 0. The SMILES string of the molecule is Nc1ccc2c(c1)Oc1cc(OCCF)ccc1C21OCc2ccccc21. The third-order valence-corrected chi connectivity index (χ3v) is 5.12. The number of fused-ring (bicyclic) bond motifs is 6. The van der Waals surface area contributed by atoms with Crippen LogP contribution in [0, 0.1) is 0 Å². The molecule has 0 fully saturated rings. The van der Waals surface area contributed by atoms with E-state index in [0.29, 0.717) is 29.5 Å². The van der Waals surface area contributed by atoms with E-state index in [4.69, 9.17) is 19.9 Å². The molecule has 2 heterocycles. The molecule has 2 N–H and O–H groups in total. The van der Waals surface area contributed by atoms with Gasteiger partial charge in [0.15, 0.2) is 5.60 Å². The smallest absolute Gasteiger partial charge is 0.151 e. The number of alkyl halides is 1. The van der Waals surface area contributed by atoms with E-state index in [1.165, 1.54) is 0 Å². The van der Waals surface area contributed by atoms with Crippen LogP contribution in [0.2, 0.25) is 0 Å². The summed E-state index contributed by atoms with van der Waals surface area (Å²) < 4.78 is 30.5. The third kappa shape index (κ3) is 2.32. The van der Waals surface area contributed by atoms with Crippen molar-refractivity contribution in [1.29, 1.82) is 0 Å². The summed E-state index contributed by atoms with van der Waals surface area (Å²) in [5.74, 6) is 1.84. The van der Waals surface area contributed by atoms with Gasteiger partial charge in [-0.15, -0.1) is 0 Å². The number of hydrogen-bond donors (Lipinski definition) is 1. The second-order valence-corrected chi connectivity index (χ2v) is 6.68. The Morgan fingerprint density at radius 3 is 2.59 bits per heavy atom. The van der Waals surface area contributed by atoms with E-state index in [9.17, 15) is 4.39 Å². The first-order valence-electron chi connectivity index (χ1n) is 8.86. The van der Waals surface area contributed by atoms with Gasteiger partial charge in [-0.3, -0.25) is 0 Å². The molecule has 0 radical (unpaired) electrons. The zero-order valence-electron chi connectivity index (χ0n) is 14.6. The molecule has 2 aliphatic heterocycles. The van der Waals surface area contributed by atoms with Crippen molar-refractivity contribution in [2.45, 2.75) is 12.2 Å². The van der Waals surface area contributed by atoms with Gasteiger partial charge in [-0.1, -0.05) is 24.3 Å². The van der Waals surface area contributed by atoms with E-state index >= 15 is 0 Å². The van der Waals surface area contributed by atoms with Crippen molar-refractivity contribution in [3.8, 4) is 17.2 Å². The molecule has 1 unspecified atom stereocenters. The summed E-state index contributed by atoms with van der Waals surface area (Å²) in [6.45, 7) is -0.0237. The minimum atomic E-state index is -0.758.